The number of hydrogen-bond donors (Lipinski definition) is 4. The van der Waals surface area contributed by atoms with Crippen LogP contribution in [0, 0.1) is 0 Å². The van der Waals surface area contributed by atoms with Crippen molar-refractivity contribution in [2.75, 3.05) is 5.32 Å². The highest BCUT2D eigenvalue weighted by molar-refractivity contribution is 5.91. The van der Waals surface area contributed by atoms with Gasteiger partial charge in [0.1, 0.15) is 6.04 Å². The monoisotopic (exact) mass is 224 g/mol. The predicted molar refractivity (Wildman–Crippen MR) is 57.0 cm³/mol. The molecule has 7 heteroatoms. The normalized spacial score (nSPS) is 11.5. The molecule has 1 atom stereocenters. The molecular formula is C9H12N4O3. The average Bonchev–Trinajstić information content (AvgIpc) is 2.69. The molecule has 2 amide bonds. The first-order valence-electron chi connectivity index (χ1n) is 4.53. The number of carbonyl (C=O) groups excluding carboxylic acids is 1. The van der Waals surface area contributed by atoms with E-state index in [2.05, 4.69) is 27.4 Å². The van der Waals surface area contributed by atoms with Crippen molar-refractivity contribution < 1.29 is 14.7 Å². The Hall–Kier alpha value is -2.31. The molecule has 0 aliphatic heterocycles. The lowest BCUT2D eigenvalue weighted by molar-refractivity contribution is -0.139. The van der Waals surface area contributed by atoms with Crippen molar-refractivity contribution >= 4 is 17.7 Å². The van der Waals surface area contributed by atoms with Crippen molar-refractivity contribution in [1.29, 1.82) is 0 Å². The Balaban J connectivity index is 2.48. The van der Waals surface area contributed by atoms with E-state index in [-0.39, 0.29) is 6.42 Å². The summed E-state index contributed by atoms with van der Waals surface area (Å²) in [7, 11) is 0. The molecular weight excluding hydrogens is 212 g/mol. The van der Waals surface area contributed by atoms with Gasteiger partial charge in [-0.15, -0.1) is 6.58 Å². The Morgan fingerprint density at radius 3 is 2.94 bits per heavy atom. The number of aliphatic carboxylic acids is 1. The highest BCUT2D eigenvalue weighted by Gasteiger charge is 2.18. The molecule has 0 saturated heterocycles. The molecule has 0 bridgehead atoms. The maximum absolute atomic E-state index is 11.3. The van der Waals surface area contributed by atoms with E-state index in [0.29, 0.717) is 5.69 Å². The molecule has 4 N–H and O–H groups in total. The molecule has 1 aromatic heterocycles. The highest BCUT2D eigenvalue weighted by Crippen LogP contribution is 2.01. The van der Waals surface area contributed by atoms with Gasteiger partial charge in [0.2, 0.25) is 0 Å². The second kappa shape index (κ2) is 5.54. The first-order valence-corrected chi connectivity index (χ1v) is 4.53. The molecule has 0 aliphatic rings. The van der Waals surface area contributed by atoms with E-state index in [1.807, 2.05) is 0 Å². The molecule has 0 aliphatic carbocycles. The zero-order chi connectivity index (χ0) is 12.0. The largest absolute Gasteiger partial charge is 0.480 e. The summed E-state index contributed by atoms with van der Waals surface area (Å²) in [5.74, 6) is -1.11. The number of anilines is 1. The number of amides is 2. The third kappa shape index (κ3) is 3.45. The number of carbonyl (C=O) groups is 2. The second-order valence-electron chi connectivity index (χ2n) is 3.00. The number of aromatic nitrogens is 2. The lowest BCUT2D eigenvalue weighted by atomic mass is 10.2. The van der Waals surface area contributed by atoms with Gasteiger partial charge in [-0.1, -0.05) is 6.08 Å². The summed E-state index contributed by atoms with van der Waals surface area (Å²) in [5, 5.41) is 19.6. The topological polar surface area (TPSA) is 107 Å². The van der Waals surface area contributed by atoms with Crippen LogP contribution >= 0.6 is 0 Å². The Bertz CT molecular complexity index is 374. The van der Waals surface area contributed by atoms with Gasteiger partial charge in [-0.25, -0.2) is 9.59 Å². The van der Waals surface area contributed by atoms with Gasteiger partial charge in [0, 0.05) is 6.20 Å². The zero-order valence-electron chi connectivity index (χ0n) is 8.43. The van der Waals surface area contributed by atoms with Crippen molar-refractivity contribution in [1.82, 2.24) is 15.5 Å². The van der Waals surface area contributed by atoms with E-state index in [1.165, 1.54) is 18.5 Å². The van der Waals surface area contributed by atoms with Crippen molar-refractivity contribution in [2.24, 2.45) is 0 Å². The fraction of sp³-hybridized carbons (Fsp3) is 0.222. The van der Waals surface area contributed by atoms with Crippen LogP contribution in [0.15, 0.2) is 25.0 Å². The number of hydrogen-bond acceptors (Lipinski definition) is 3. The van der Waals surface area contributed by atoms with Gasteiger partial charge in [-0.05, 0) is 6.42 Å². The smallest absolute Gasteiger partial charge is 0.326 e. The van der Waals surface area contributed by atoms with E-state index in [4.69, 9.17) is 5.11 Å². The second-order valence-corrected chi connectivity index (χ2v) is 3.00. The summed E-state index contributed by atoms with van der Waals surface area (Å²) < 4.78 is 0. The van der Waals surface area contributed by atoms with Crippen LogP contribution in [0.25, 0.3) is 0 Å². The summed E-state index contributed by atoms with van der Waals surface area (Å²) >= 11 is 0. The molecule has 1 rings (SSSR count). The molecule has 0 radical (unpaired) electrons. The maximum atomic E-state index is 11.3. The third-order valence-corrected chi connectivity index (χ3v) is 1.76. The van der Waals surface area contributed by atoms with Crippen LogP contribution in [0.4, 0.5) is 10.5 Å². The molecule has 1 heterocycles. The Labute approximate surface area is 91.5 Å². The van der Waals surface area contributed by atoms with Gasteiger partial charge in [0.15, 0.2) is 0 Å². The summed E-state index contributed by atoms with van der Waals surface area (Å²) in [5.41, 5.74) is 0.459. The summed E-state index contributed by atoms with van der Waals surface area (Å²) in [6.45, 7) is 3.42. The number of urea groups is 1. The minimum atomic E-state index is -1.11. The minimum Gasteiger partial charge on any atom is -0.480 e. The minimum absolute atomic E-state index is 0.161. The zero-order valence-corrected chi connectivity index (χ0v) is 8.43. The molecule has 1 aromatic rings. The fourth-order valence-electron chi connectivity index (χ4n) is 1.03. The molecule has 16 heavy (non-hydrogen) atoms. The average molecular weight is 224 g/mol. The van der Waals surface area contributed by atoms with E-state index in [0.717, 1.165) is 0 Å². The lowest BCUT2D eigenvalue weighted by Gasteiger charge is -2.12. The number of H-pyrrole nitrogens is 1. The van der Waals surface area contributed by atoms with Crippen LogP contribution < -0.4 is 10.6 Å². The number of carboxylic acid groups (broad SMARTS) is 1. The number of aromatic amines is 1. The summed E-state index contributed by atoms with van der Waals surface area (Å²) in [6, 6.07) is -1.58. The molecule has 7 nitrogen and oxygen atoms in total. The number of rotatable bonds is 5. The molecule has 86 valence electrons. The van der Waals surface area contributed by atoms with Gasteiger partial charge in [0.25, 0.3) is 0 Å². The Kier molecular flexibility index (Phi) is 4.07. The van der Waals surface area contributed by atoms with E-state index >= 15 is 0 Å². The first kappa shape index (κ1) is 11.8. The number of carboxylic acids is 1. The van der Waals surface area contributed by atoms with Crippen LogP contribution in [-0.4, -0.2) is 33.3 Å². The molecule has 0 spiro atoms. The van der Waals surface area contributed by atoms with Gasteiger partial charge < -0.3 is 15.7 Å². The molecule has 0 fully saturated rings. The van der Waals surface area contributed by atoms with Crippen molar-refractivity contribution in [3.63, 3.8) is 0 Å². The van der Waals surface area contributed by atoms with Gasteiger partial charge in [0.05, 0.1) is 11.9 Å². The van der Waals surface area contributed by atoms with Crippen LogP contribution in [0.1, 0.15) is 6.42 Å². The van der Waals surface area contributed by atoms with Gasteiger partial charge in [-0.3, -0.25) is 5.10 Å². The molecule has 0 saturated carbocycles. The third-order valence-electron chi connectivity index (χ3n) is 1.76. The Morgan fingerprint density at radius 1 is 1.69 bits per heavy atom. The van der Waals surface area contributed by atoms with Crippen molar-refractivity contribution in [3.8, 4) is 0 Å². The SMILES string of the molecule is C=CCC(NC(=O)Nc1cn[nH]c1)C(=O)O. The van der Waals surface area contributed by atoms with Gasteiger partial charge in [-0.2, -0.15) is 5.10 Å². The van der Waals surface area contributed by atoms with Crippen LogP contribution in [0.3, 0.4) is 0 Å². The summed E-state index contributed by atoms with van der Waals surface area (Å²) in [6.07, 6.45) is 4.47. The maximum Gasteiger partial charge on any atom is 0.326 e. The first-order chi connectivity index (χ1) is 7.63. The van der Waals surface area contributed by atoms with E-state index < -0.39 is 18.0 Å². The van der Waals surface area contributed by atoms with Crippen LogP contribution in [0.5, 0.6) is 0 Å². The Morgan fingerprint density at radius 2 is 2.44 bits per heavy atom. The number of nitrogens with zero attached hydrogens (tertiary/aromatic N) is 1. The molecule has 0 aromatic carbocycles. The lowest BCUT2D eigenvalue weighted by Crippen LogP contribution is -2.42. The molecule has 1 unspecified atom stereocenters. The van der Waals surface area contributed by atoms with Crippen molar-refractivity contribution in [2.45, 2.75) is 12.5 Å². The van der Waals surface area contributed by atoms with E-state index in [1.54, 1.807) is 0 Å². The van der Waals surface area contributed by atoms with E-state index in [9.17, 15) is 9.59 Å². The quantitative estimate of drug-likeness (QED) is 0.548. The number of nitrogens with one attached hydrogen (secondary N) is 3. The van der Waals surface area contributed by atoms with Crippen LogP contribution in [0.2, 0.25) is 0 Å². The van der Waals surface area contributed by atoms with Gasteiger partial charge >= 0.3 is 12.0 Å². The predicted octanol–water partition coefficient (Wildman–Crippen LogP) is 0.560. The van der Waals surface area contributed by atoms with Crippen LogP contribution in [-0.2, 0) is 4.79 Å². The summed E-state index contributed by atoms with van der Waals surface area (Å²) in [4.78, 5) is 22.1. The van der Waals surface area contributed by atoms with Crippen molar-refractivity contribution in [3.05, 3.63) is 25.0 Å². The standard InChI is InChI=1S/C9H12N4O3/c1-2-3-7(8(14)15)13-9(16)12-6-4-10-11-5-6/h2,4-5,7H,1,3H2,(H,10,11)(H,14,15)(H2,12,13,16). The fourth-order valence-corrected chi connectivity index (χ4v) is 1.03. The highest BCUT2D eigenvalue weighted by atomic mass is 16.4.